The van der Waals surface area contributed by atoms with Gasteiger partial charge in [0.15, 0.2) is 0 Å². The minimum atomic E-state index is -1.01. The molecule has 0 bridgehead atoms. The summed E-state index contributed by atoms with van der Waals surface area (Å²) in [6.45, 7) is 4.59. The largest absolute Gasteiger partial charge is 0.484 e. The van der Waals surface area contributed by atoms with Gasteiger partial charge in [-0.25, -0.2) is 4.79 Å². The van der Waals surface area contributed by atoms with Gasteiger partial charge in [0, 0.05) is 11.4 Å². The summed E-state index contributed by atoms with van der Waals surface area (Å²) in [6, 6.07) is 11.4. The van der Waals surface area contributed by atoms with Gasteiger partial charge in [0.05, 0.1) is 24.3 Å². The molecular weight excluding hydrogens is 334 g/mol. The first-order valence-electron chi connectivity index (χ1n) is 8.20. The first-order valence-corrected chi connectivity index (χ1v) is 8.20. The third kappa shape index (κ3) is 3.88. The van der Waals surface area contributed by atoms with Crippen molar-refractivity contribution in [2.24, 2.45) is 0 Å². The number of nitrogens with one attached hydrogen (secondary N) is 1. The second-order valence-electron chi connectivity index (χ2n) is 6.88. The summed E-state index contributed by atoms with van der Waals surface area (Å²) < 4.78 is 5.96. The number of hydrogen-bond donors (Lipinski definition) is 3. The molecule has 1 aliphatic heterocycles. The van der Waals surface area contributed by atoms with Crippen LogP contribution in [0.5, 0.6) is 5.75 Å². The van der Waals surface area contributed by atoms with Crippen molar-refractivity contribution in [2.45, 2.75) is 19.4 Å². The van der Waals surface area contributed by atoms with Gasteiger partial charge >= 0.3 is 5.97 Å². The van der Waals surface area contributed by atoms with E-state index in [0.29, 0.717) is 23.7 Å². The number of rotatable bonds is 4. The Hall–Kier alpha value is -3.22. The van der Waals surface area contributed by atoms with Crippen LogP contribution in [0, 0.1) is 0 Å². The van der Waals surface area contributed by atoms with Crippen LogP contribution in [0.25, 0.3) is 0 Å². The van der Waals surface area contributed by atoms with Crippen LogP contribution in [0.15, 0.2) is 42.5 Å². The number of ether oxygens (including phenoxy) is 1. The zero-order valence-corrected chi connectivity index (χ0v) is 14.7. The number of carbonyl (C=O) groups is 2. The minimum Gasteiger partial charge on any atom is -0.484 e. The molecule has 7 nitrogen and oxygen atoms in total. The molecule has 26 heavy (non-hydrogen) atoms. The van der Waals surface area contributed by atoms with Crippen LogP contribution in [0.2, 0.25) is 0 Å². The number of fused-ring (bicyclic) bond motifs is 1. The molecule has 0 fully saturated rings. The predicted molar refractivity (Wildman–Crippen MR) is 99.8 cm³/mol. The molecule has 0 radical (unpaired) electrons. The van der Waals surface area contributed by atoms with Crippen molar-refractivity contribution in [1.82, 2.24) is 0 Å². The van der Waals surface area contributed by atoms with Gasteiger partial charge in [0.2, 0.25) is 5.91 Å². The van der Waals surface area contributed by atoms with E-state index in [1.807, 2.05) is 18.7 Å². The molecule has 4 N–H and O–H groups in total. The first-order chi connectivity index (χ1) is 12.2. The number of hydrogen-bond acceptors (Lipinski definition) is 5. The maximum Gasteiger partial charge on any atom is 0.335 e. The van der Waals surface area contributed by atoms with E-state index in [4.69, 9.17) is 15.6 Å². The fourth-order valence-corrected chi connectivity index (χ4v) is 2.95. The molecule has 0 aromatic heterocycles. The third-order valence-electron chi connectivity index (χ3n) is 4.03. The molecule has 1 heterocycles. The highest BCUT2D eigenvalue weighted by atomic mass is 16.5. The highest BCUT2D eigenvalue weighted by Crippen LogP contribution is 2.38. The van der Waals surface area contributed by atoms with E-state index in [0.717, 1.165) is 5.69 Å². The fraction of sp³-hybridized carbons (Fsp3) is 0.263. The van der Waals surface area contributed by atoms with E-state index in [2.05, 4.69) is 5.32 Å². The molecule has 0 saturated heterocycles. The zero-order valence-electron chi connectivity index (χ0n) is 14.7. The summed E-state index contributed by atoms with van der Waals surface area (Å²) in [7, 11) is 0. The number of carboxylic acids is 1. The van der Waals surface area contributed by atoms with E-state index in [9.17, 15) is 9.59 Å². The summed E-state index contributed by atoms with van der Waals surface area (Å²) in [5.41, 5.74) is 7.52. The maximum absolute atomic E-state index is 12.5. The smallest absolute Gasteiger partial charge is 0.335 e. The minimum absolute atomic E-state index is 0.129. The number of aromatic carboxylic acids is 1. The summed E-state index contributed by atoms with van der Waals surface area (Å²) in [6.07, 6.45) is 0. The standard InChI is InChI=1S/C19H21N3O4/c1-19(2)11-22(15-9-13(20)5-8-16(15)26-19)10-17(23)21-14-6-3-12(4-7-14)18(24)25/h3-9H,10-11,20H2,1-2H3,(H,21,23)(H,24,25). The monoisotopic (exact) mass is 355 g/mol. The number of nitrogen functional groups attached to an aromatic ring is 1. The lowest BCUT2D eigenvalue weighted by Crippen LogP contribution is -2.49. The van der Waals surface area contributed by atoms with Crippen molar-refractivity contribution >= 4 is 28.9 Å². The van der Waals surface area contributed by atoms with E-state index >= 15 is 0 Å². The number of carboxylic acid groups (broad SMARTS) is 1. The summed E-state index contributed by atoms with van der Waals surface area (Å²) in [4.78, 5) is 25.3. The van der Waals surface area contributed by atoms with Crippen LogP contribution >= 0.6 is 0 Å². The Labute approximate surface area is 151 Å². The molecule has 1 aliphatic rings. The number of anilines is 3. The van der Waals surface area contributed by atoms with Gasteiger partial charge < -0.3 is 25.8 Å². The van der Waals surface area contributed by atoms with Crippen molar-refractivity contribution < 1.29 is 19.4 Å². The lowest BCUT2D eigenvalue weighted by atomic mass is 10.0. The van der Waals surface area contributed by atoms with E-state index < -0.39 is 11.6 Å². The first kappa shape index (κ1) is 17.6. The summed E-state index contributed by atoms with van der Waals surface area (Å²) in [5, 5.41) is 11.7. The lowest BCUT2D eigenvalue weighted by Gasteiger charge is -2.40. The van der Waals surface area contributed by atoms with Gasteiger partial charge in [0.1, 0.15) is 11.4 Å². The van der Waals surface area contributed by atoms with Gasteiger partial charge in [-0.2, -0.15) is 0 Å². The SMILES string of the molecule is CC1(C)CN(CC(=O)Nc2ccc(C(=O)O)cc2)c2cc(N)ccc2O1. The van der Waals surface area contributed by atoms with Gasteiger partial charge in [-0.3, -0.25) is 4.79 Å². The lowest BCUT2D eigenvalue weighted by molar-refractivity contribution is -0.115. The van der Waals surface area contributed by atoms with Crippen LogP contribution in [-0.2, 0) is 4.79 Å². The molecule has 0 saturated carbocycles. The normalized spacial score (nSPS) is 14.9. The van der Waals surface area contributed by atoms with Crippen LogP contribution in [0.3, 0.4) is 0 Å². The topological polar surface area (TPSA) is 105 Å². The average Bonchev–Trinajstić information content (AvgIpc) is 2.55. The highest BCUT2D eigenvalue weighted by Gasteiger charge is 2.32. The molecule has 0 aliphatic carbocycles. The van der Waals surface area contributed by atoms with Crippen LogP contribution < -0.4 is 20.7 Å². The molecule has 7 heteroatoms. The molecule has 3 rings (SSSR count). The third-order valence-corrected chi connectivity index (χ3v) is 4.03. The van der Waals surface area contributed by atoms with E-state index in [1.54, 1.807) is 30.3 Å². The molecule has 136 valence electrons. The van der Waals surface area contributed by atoms with Crippen molar-refractivity contribution in [2.75, 3.05) is 29.0 Å². The van der Waals surface area contributed by atoms with Gasteiger partial charge in [-0.15, -0.1) is 0 Å². The quantitative estimate of drug-likeness (QED) is 0.728. The Morgan fingerprint density at radius 2 is 1.92 bits per heavy atom. The van der Waals surface area contributed by atoms with Gasteiger partial charge in [-0.05, 0) is 56.3 Å². The number of nitrogens with zero attached hydrogens (tertiary/aromatic N) is 1. The molecule has 2 aromatic carbocycles. The van der Waals surface area contributed by atoms with Gasteiger partial charge in [0.25, 0.3) is 0 Å². The molecule has 0 spiro atoms. The molecule has 0 atom stereocenters. The maximum atomic E-state index is 12.5. The van der Waals surface area contributed by atoms with Gasteiger partial charge in [-0.1, -0.05) is 0 Å². The Morgan fingerprint density at radius 3 is 2.58 bits per heavy atom. The van der Waals surface area contributed by atoms with E-state index in [-0.39, 0.29) is 18.0 Å². The number of carbonyl (C=O) groups excluding carboxylic acids is 1. The summed E-state index contributed by atoms with van der Waals surface area (Å²) >= 11 is 0. The molecular formula is C19H21N3O4. The van der Waals surface area contributed by atoms with E-state index in [1.165, 1.54) is 12.1 Å². The van der Waals surface area contributed by atoms with Crippen LogP contribution in [0.4, 0.5) is 17.1 Å². The number of nitrogens with two attached hydrogens (primary N) is 1. The Balaban J connectivity index is 1.74. The summed E-state index contributed by atoms with van der Waals surface area (Å²) in [5.74, 6) is -0.527. The number of benzene rings is 2. The molecule has 1 amide bonds. The fourth-order valence-electron chi connectivity index (χ4n) is 2.95. The van der Waals surface area contributed by atoms with Crippen molar-refractivity contribution in [3.8, 4) is 5.75 Å². The van der Waals surface area contributed by atoms with Crippen molar-refractivity contribution in [1.29, 1.82) is 0 Å². The second kappa shape index (κ2) is 6.59. The van der Waals surface area contributed by atoms with Crippen molar-refractivity contribution in [3.63, 3.8) is 0 Å². The second-order valence-corrected chi connectivity index (χ2v) is 6.88. The predicted octanol–water partition coefficient (Wildman–Crippen LogP) is 2.58. The molecule has 2 aromatic rings. The Kier molecular flexibility index (Phi) is 4.46. The van der Waals surface area contributed by atoms with Crippen LogP contribution in [-0.4, -0.2) is 35.7 Å². The molecule has 0 unspecified atom stereocenters. The van der Waals surface area contributed by atoms with Crippen LogP contribution in [0.1, 0.15) is 24.2 Å². The average molecular weight is 355 g/mol. The number of amides is 1. The zero-order chi connectivity index (χ0) is 18.9. The highest BCUT2D eigenvalue weighted by molar-refractivity contribution is 5.95. The Morgan fingerprint density at radius 1 is 1.23 bits per heavy atom. The Bertz CT molecular complexity index is 846. The van der Waals surface area contributed by atoms with Crippen molar-refractivity contribution in [3.05, 3.63) is 48.0 Å².